The van der Waals surface area contributed by atoms with Crippen molar-refractivity contribution in [3.05, 3.63) is 54.1 Å². The number of hydrogen-bond donors (Lipinski definition) is 2. The van der Waals surface area contributed by atoms with E-state index >= 15 is 0 Å². The summed E-state index contributed by atoms with van der Waals surface area (Å²) in [5.74, 6) is -0.0698. The van der Waals surface area contributed by atoms with E-state index in [1.54, 1.807) is 6.20 Å². The van der Waals surface area contributed by atoms with Crippen LogP contribution in [-0.4, -0.2) is 22.4 Å². The van der Waals surface area contributed by atoms with E-state index in [1.165, 1.54) is 6.33 Å². The fraction of sp³-hybridized carbons (Fsp3) is 0.214. The van der Waals surface area contributed by atoms with E-state index in [2.05, 4.69) is 20.6 Å². The molecule has 5 nitrogen and oxygen atoms in total. The number of nitrogens with one attached hydrogen (secondary N) is 2. The van der Waals surface area contributed by atoms with Gasteiger partial charge in [-0.25, -0.2) is 9.97 Å². The Kier molecular flexibility index (Phi) is 4.58. The van der Waals surface area contributed by atoms with Crippen molar-refractivity contribution in [2.24, 2.45) is 0 Å². The van der Waals surface area contributed by atoms with Gasteiger partial charge in [0.05, 0.1) is 12.2 Å². The van der Waals surface area contributed by atoms with Crippen LogP contribution in [0.1, 0.15) is 11.3 Å². The number of benzene rings is 1. The first-order valence-corrected chi connectivity index (χ1v) is 6.06. The summed E-state index contributed by atoms with van der Waals surface area (Å²) in [4.78, 5) is 19.6. The summed E-state index contributed by atoms with van der Waals surface area (Å²) < 4.78 is 0. The molecule has 0 radical (unpaired) electrons. The second kappa shape index (κ2) is 6.61. The molecule has 2 rings (SSSR count). The summed E-state index contributed by atoms with van der Waals surface area (Å²) in [5, 5.41) is 5.87. The number of aromatic nitrogens is 2. The number of carbonyl (C=O) groups excluding carboxylic acids is 1. The first-order chi connectivity index (χ1) is 9.24. The average Bonchev–Trinajstić information content (AvgIpc) is 2.40. The molecule has 1 aromatic heterocycles. The maximum atomic E-state index is 11.7. The van der Waals surface area contributed by atoms with Gasteiger partial charge in [-0.05, 0) is 30.7 Å². The van der Waals surface area contributed by atoms with Gasteiger partial charge in [0.2, 0.25) is 5.91 Å². The molecule has 19 heavy (non-hydrogen) atoms. The van der Waals surface area contributed by atoms with E-state index in [-0.39, 0.29) is 12.5 Å². The van der Waals surface area contributed by atoms with Crippen LogP contribution >= 0.6 is 0 Å². The molecule has 0 spiro atoms. The predicted octanol–water partition coefficient (Wildman–Crippen LogP) is 1.51. The van der Waals surface area contributed by atoms with Crippen molar-refractivity contribution in [1.82, 2.24) is 15.3 Å². The molecular weight excluding hydrogens is 240 g/mol. The molecule has 0 aliphatic carbocycles. The van der Waals surface area contributed by atoms with Crippen LogP contribution in [-0.2, 0) is 11.3 Å². The number of amides is 1. The third kappa shape index (κ3) is 4.48. The van der Waals surface area contributed by atoms with Crippen LogP contribution in [0.2, 0.25) is 0 Å². The first-order valence-electron chi connectivity index (χ1n) is 6.06. The van der Waals surface area contributed by atoms with E-state index in [0.717, 1.165) is 16.9 Å². The molecule has 0 unspecified atom stereocenters. The Bertz CT molecular complexity index is 542. The topological polar surface area (TPSA) is 66.9 Å². The largest absolute Gasteiger partial charge is 0.325 e. The first kappa shape index (κ1) is 13.2. The summed E-state index contributed by atoms with van der Waals surface area (Å²) in [6, 6.07) is 9.52. The zero-order valence-electron chi connectivity index (χ0n) is 10.8. The number of hydrogen-bond acceptors (Lipinski definition) is 4. The van der Waals surface area contributed by atoms with Crippen LogP contribution in [0.3, 0.4) is 0 Å². The van der Waals surface area contributed by atoms with Gasteiger partial charge in [-0.3, -0.25) is 4.79 Å². The second-order valence-corrected chi connectivity index (χ2v) is 4.22. The number of carbonyl (C=O) groups is 1. The fourth-order valence-corrected chi connectivity index (χ4v) is 1.65. The highest BCUT2D eigenvalue weighted by Crippen LogP contribution is 2.08. The van der Waals surface area contributed by atoms with Crippen molar-refractivity contribution in [2.75, 3.05) is 11.9 Å². The van der Waals surface area contributed by atoms with Gasteiger partial charge in [0.1, 0.15) is 6.33 Å². The highest BCUT2D eigenvalue weighted by atomic mass is 16.1. The minimum absolute atomic E-state index is 0.0698. The van der Waals surface area contributed by atoms with Crippen molar-refractivity contribution in [2.45, 2.75) is 13.5 Å². The van der Waals surface area contributed by atoms with Crippen LogP contribution in [0.25, 0.3) is 0 Å². The lowest BCUT2D eigenvalue weighted by Crippen LogP contribution is -2.28. The van der Waals surface area contributed by atoms with Crippen LogP contribution in [0, 0.1) is 6.92 Å². The van der Waals surface area contributed by atoms with Gasteiger partial charge in [-0.15, -0.1) is 0 Å². The highest BCUT2D eigenvalue weighted by Gasteiger charge is 2.02. The van der Waals surface area contributed by atoms with Crippen LogP contribution in [0.15, 0.2) is 42.9 Å². The van der Waals surface area contributed by atoms with E-state index in [1.807, 2.05) is 37.3 Å². The number of aryl methyl sites for hydroxylation is 1. The standard InChI is InChI=1S/C14H16N4O/c1-11-3-2-4-12(7-11)18-14(19)9-16-8-13-5-6-15-10-17-13/h2-7,10,16H,8-9H2,1H3,(H,18,19). The lowest BCUT2D eigenvalue weighted by molar-refractivity contribution is -0.115. The molecule has 5 heteroatoms. The van der Waals surface area contributed by atoms with Gasteiger partial charge in [-0.2, -0.15) is 0 Å². The molecule has 2 aromatic rings. The fourth-order valence-electron chi connectivity index (χ4n) is 1.65. The van der Waals surface area contributed by atoms with Crippen LogP contribution < -0.4 is 10.6 Å². The molecule has 0 aliphatic heterocycles. The lowest BCUT2D eigenvalue weighted by Gasteiger charge is -2.07. The third-order valence-electron chi connectivity index (χ3n) is 2.54. The van der Waals surface area contributed by atoms with Gasteiger partial charge >= 0.3 is 0 Å². The van der Waals surface area contributed by atoms with Crippen molar-refractivity contribution in [1.29, 1.82) is 0 Å². The van der Waals surface area contributed by atoms with Crippen molar-refractivity contribution >= 4 is 11.6 Å². The van der Waals surface area contributed by atoms with Crippen LogP contribution in [0.5, 0.6) is 0 Å². The third-order valence-corrected chi connectivity index (χ3v) is 2.54. The quantitative estimate of drug-likeness (QED) is 0.851. The average molecular weight is 256 g/mol. The Labute approximate surface area is 112 Å². The lowest BCUT2D eigenvalue weighted by atomic mass is 10.2. The molecule has 0 aliphatic rings. The zero-order chi connectivity index (χ0) is 13.5. The smallest absolute Gasteiger partial charge is 0.238 e. The van der Waals surface area contributed by atoms with E-state index in [9.17, 15) is 4.79 Å². The van der Waals surface area contributed by atoms with E-state index < -0.39 is 0 Å². The predicted molar refractivity (Wildman–Crippen MR) is 73.5 cm³/mol. The van der Waals surface area contributed by atoms with Crippen molar-refractivity contribution in [3.8, 4) is 0 Å². The molecular formula is C14H16N4O. The number of nitrogens with zero attached hydrogens (tertiary/aromatic N) is 2. The Morgan fingerprint density at radius 2 is 2.21 bits per heavy atom. The minimum Gasteiger partial charge on any atom is -0.325 e. The zero-order valence-corrected chi connectivity index (χ0v) is 10.8. The molecule has 1 aromatic carbocycles. The Balaban J connectivity index is 1.76. The van der Waals surface area contributed by atoms with Crippen LogP contribution in [0.4, 0.5) is 5.69 Å². The minimum atomic E-state index is -0.0698. The Morgan fingerprint density at radius 1 is 1.32 bits per heavy atom. The van der Waals surface area contributed by atoms with E-state index in [0.29, 0.717) is 6.54 Å². The summed E-state index contributed by atoms with van der Waals surface area (Å²) in [5.41, 5.74) is 2.79. The molecule has 98 valence electrons. The van der Waals surface area contributed by atoms with Crippen molar-refractivity contribution in [3.63, 3.8) is 0 Å². The van der Waals surface area contributed by atoms with Gasteiger partial charge in [0.15, 0.2) is 0 Å². The highest BCUT2D eigenvalue weighted by molar-refractivity contribution is 5.92. The van der Waals surface area contributed by atoms with Crippen molar-refractivity contribution < 1.29 is 4.79 Å². The summed E-state index contributed by atoms with van der Waals surface area (Å²) >= 11 is 0. The SMILES string of the molecule is Cc1cccc(NC(=O)CNCc2ccncn2)c1. The Hall–Kier alpha value is -2.27. The number of rotatable bonds is 5. The maximum absolute atomic E-state index is 11.7. The molecule has 1 amide bonds. The number of anilines is 1. The van der Waals surface area contributed by atoms with E-state index in [4.69, 9.17) is 0 Å². The van der Waals surface area contributed by atoms with Gasteiger partial charge in [0, 0.05) is 18.4 Å². The summed E-state index contributed by atoms with van der Waals surface area (Å²) in [6.07, 6.45) is 3.17. The molecule has 0 fully saturated rings. The molecule has 0 saturated heterocycles. The maximum Gasteiger partial charge on any atom is 0.238 e. The Morgan fingerprint density at radius 3 is 2.95 bits per heavy atom. The molecule has 0 saturated carbocycles. The van der Waals surface area contributed by atoms with Gasteiger partial charge in [-0.1, -0.05) is 12.1 Å². The second-order valence-electron chi connectivity index (χ2n) is 4.22. The van der Waals surface area contributed by atoms with Gasteiger partial charge < -0.3 is 10.6 Å². The molecule has 1 heterocycles. The molecule has 0 bridgehead atoms. The molecule has 0 atom stereocenters. The normalized spacial score (nSPS) is 10.2. The monoisotopic (exact) mass is 256 g/mol. The van der Waals surface area contributed by atoms with Gasteiger partial charge in [0.25, 0.3) is 0 Å². The molecule has 2 N–H and O–H groups in total. The summed E-state index contributed by atoms with van der Waals surface area (Å²) in [6.45, 7) is 2.78. The summed E-state index contributed by atoms with van der Waals surface area (Å²) in [7, 11) is 0.